The van der Waals surface area contributed by atoms with Crippen molar-refractivity contribution in [3.05, 3.63) is 28.2 Å². The second kappa shape index (κ2) is 4.34. The van der Waals surface area contributed by atoms with E-state index in [1.165, 1.54) is 18.2 Å². The van der Waals surface area contributed by atoms with E-state index in [9.17, 15) is 18.0 Å². The molecule has 1 aromatic carbocycles. The summed E-state index contributed by atoms with van der Waals surface area (Å²) in [5.74, 6) is -1.36. The molecule has 1 aromatic rings. The van der Waals surface area contributed by atoms with Crippen LogP contribution in [0.1, 0.15) is 0 Å². The standard InChI is InChI=1S/C11H8Cl2N2O4S/c12-6-1-7(13)3-8(2-6)15-10(16)9-4-20(18,19)5-14(9)11(15)17/h1-3,9H,4-5H2. The largest absolute Gasteiger partial charge is 0.333 e. The van der Waals surface area contributed by atoms with Gasteiger partial charge in [0.15, 0.2) is 9.84 Å². The summed E-state index contributed by atoms with van der Waals surface area (Å²) in [7, 11) is -3.39. The first-order valence-electron chi connectivity index (χ1n) is 5.59. The Bertz CT molecular complexity index is 684. The molecule has 2 aliphatic rings. The van der Waals surface area contributed by atoms with Gasteiger partial charge in [0, 0.05) is 10.0 Å². The van der Waals surface area contributed by atoms with E-state index in [1.54, 1.807) is 0 Å². The summed E-state index contributed by atoms with van der Waals surface area (Å²) in [6.45, 7) is 0. The molecule has 0 N–H and O–H groups in total. The number of anilines is 1. The predicted molar refractivity (Wildman–Crippen MR) is 73.6 cm³/mol. The first kappa shape index (κ1) is 13.7. The number of sulfone groups is 1. The van der Waals surface area contributed by atoms with Gasteiger partial charge >= 0.3 is 6.03 Å². The zero-order valence-electron chi connectivity index (χ0n) is 9.92. The normalized spacial score (nSPS) is 24.4. The van der Waals surface area contributed by atoms with Crippen molar-refractivity contribution in [2.24, 2.45) is 0 Å². The Hall–Kier alpha value is -1.31. The van der Waals surface area contributed by atoms with Gasteiger partial charge in [-0.3, -0.25) is 9.69 Å². The molecule has 1 atom stereocenters. The molecule has 0 radical (unpaired) electrons. The third-order valence-corrected chi connectivity index (χ3v) is 5.10. The number of carbonyl (C=O) groups excluding carboxylic acids is 2. The Morgan fingerprint density at radius 2 is 1.70 bits per heavy atom. The van der Waals surface area contributed by atoms with Crippen LogP contribution in [-0.2, 0) is 14.6 Å². The van der Waals surface area contributed by atoms with Gasteiger partial charge in [-0.2, -0.15) is 0 Å². The van der Waals surface area contributed by atoms with Crippen LogP contribution in [0.5, 0.6) is 0 Å². The highest BCUT2D eigenvalue weighted by atomic mass is 35.5. The van der Waals surface area contributed by atoms with Crippen LogP contribution < -0.4 is 4.90 Å². The number of hydrogen-bond donors (Lipinski definition) is 0. The van der Waals surface area contributed by atoms with Crippen LogP contribution in [0.25, 0.3) is 0 Å². The highest BCUT2D eigenvalue weighted by molar-refractivity contribution is 7.91. The average molecular weight is 335 g/mol. The summed E-state index contributed by atoms with van der Waals surface area (Å²) in [5, 5.41) is 0.570. The van der Waals surface area contributed by atoms with Crippen molar-refractivity contribution in [3.8, 4) is 0 Å². The minimum Gasteiger partial charge on any atom is -0.296 e. The van der Waals surface area contributed by atoms with Crippen molar-refractivity contribution in [2.45, 2.75) is 6.04 Å². The van der Waals surface area contributed by atoms with Crippen LogP contribution >= 0.6 is 23.2 Å². The van der Waals surface area contributed by atoms with E-state index in [-0.39, 0.29) is 21.5 Å². The van der Waals surface area contributed by atoms with Gasteiger partial charge in [0.2, 0.25) is 0 Å². The maximum absolute atomic E-state index is 12.2. The molecular weight excluding hydrogens is 327 g/mol. The second-order valence-electron chi connectivity index (χ2n) is 4.61. The predicted octanol–water partition coefficient (Wildman–Crippen LogP) is 1.52. The molecule has 9 heteroatoms. The van der Waals surface area contributed by atoms with E-state index in [1.807, 2.05) is 0 Å². The van der Waals surface area contributed by atoms with Gasteiger partial charge in [0.05, 0.1) is 11.4 Å². The summed E-state index contributed by atoms with van der Waals surface area (Å²) >= 11 is 11.7. The monoisotopic (exact) mass is 334 g/mol. The minimum absolute atomic E-state index is 0.240. The fourth-order valence-corrected chi connectivity index (χ4v) is 4.49. The number of benzene rings is 1. The number of imide groups is 1. The molecule has 0 aromatic heterocycles. The van der Waals surface area contributed by atoms with Crippen molar-refractivity contribution < 1.29 is 18.0 Å². The topological polar surface area (TPSA) is 74.8 Å². The van der Waals surface area contributed by atoms with Crippen molar-refractivity contribution in [2.75, 3.05) is 16.5 Å². The zero-order chi connectivity index (χ0) is 14.7. The molecule has 0 spiro atoms. The van der Waals surface area contributed by atoms with Crippen molar-refractivity contribution in [3.63, 3.8) is 0 Å². The molecule has 20 heavy (non-hydrogen) atoms. The third kappa shape index (κ3) is 2.06. The van der Waals surface area contributed by atoms with Crippen LogP contribution in [0, 0.1) is 0 Å². The Labute approximate surface area is 124 Å². The second-order valence-corrected chi connectivity index (χ2v) is 7.56. The summed E-state index contributed by atoms with van der Waals surface area (Å²) < 4.78 is 23.0. The highest BCUT2D eigenvalue weighted by Crippen LogP contribution is 2.33. The Morgan fingerprint density at radius 3 is 2.25 bits per heavy atom. The smallest absolute Gasteiger partial charge is 0.296 e. The molecular formula is C11H8Cl2N2O4S. The summed E-state index contributed by atoms with van der Waals surface area (Å²) in [4.78, 5) is 26.4. The quantitative estimate of drug-likeness (QED) is 0.729. The number of fused-ring (bicyclic) bond motifs is 1. The van der Waals surface area contributed by atoms with Gasteiger partial charge in [-0.15, -0.1) is 0 Å². The lowest BCUT2D eigenvalue weighted by molar-refractivity contribution is -0.118. The Kier molecular flexibility index (Phi) is 2.97. The molecule has 1 unspecified atom stereocenters. The summed E-state index contributed by atoms with van der Waals surface area (Å²) in [6, 6.07) is 2.72. The van der Waals surface area contributed by atoms with Crippen molar-refractivity contribution >= 4 is 50.7 Å². The van der Waals surface area contributed by atoms with Gasteiger partial charge in [-0.25, -0.2) is 18.1 Å². The minimum atomic E-state index is -3.39. The van der Waals surface area contributed by atoms with Crippen LogP contribution in [0.2, 0.25) is 10.0 Å². The van der Waals surface area contributed by atoms with E-state index in [0.717, 1.165) is 9.80 Å². The molecule has 106 valence electrons. The first-order valence-corrected chi connectivity index (χ1v) is 8.17. The van der Waals surface area contributed by atoms with Crippen LogP contribution in [0.3, 0.4) is 0 Å². The third-order valence-electron chi connectivity index (χ3n) is 3.17. The van der Waals surface area contributed by atoms with Crippen LogP contribution in [0.4, 0.5) is 10.5 Å². The van der Waals surface area contributed by atoms with E-state index in [2.05, 4.69) is 0 Å². The Balaban J connectivity index is 2.02. The number of nitrogens with zero attached hydrogens (tertiary/aromatic N) is 2. The van der Waals surface area contributed by atoms with Crippen molar-refractivity contribution in [1.29, 1.82) is 0 Å². The zero-order valence-corrected chi connectivity index (χ0v) is 12.2. The number of amides is 3. The number of halogens is 2. The van der Waals surface area contributed by atoms with Crippen LogP contribution in [-0.4, -0.2) is 42.9 Å². The highest BCUT2D eigenvalue weighted by Gasteiger charge is 2.53. The average Bonchev–Trinajstić information content (AvgIpc) is 2.73. The number of carbonyl (C=O) groups is 2. The summed E-state index contributed by atoms with van der Waals surface area (Å²) in [6.07, 6.45) is 0. The number of rotatable bonds is 1. The van der Waals surface area contributed by atoms with Gasteiger partial charge in [-0.05, 0) is 18.2 Å². The molecule has 3 rings (SSSR count). The molecule has 2 aliphatic heterocycles. The fourth-order valence-electron chi connectivity index (χ4n) is 2.36. The molecule has 3 amide bonds. The molecule has 2 heterocycles. The molecule has 0 saturated carbocycles. The number of hydrogen-bond acceptors (Lipinski definition) is 4. The van der Waals surface area contributed by atoms with E-state index < -0.39 is 33.7 Å². The maximum Gasteiger partial charge on any atom is 0.333 e. The molecule has 2 fully saturated rings. The molecule has 0 bridgehead atoms. The van der Waals surface area contributed by atoms with Gasteiger partial charge in [-0.1, -0.05) is 23.2 Å². The SMILES string of the molecule is O=C1C2CS(=O)(=O)CN2C(=O)N1c1cc(Cl)cc(Cl)c1. The van der Waals surface area contributed by atoms with Crippen LogP contribution in [0.15, 0.2) is 18.2 Å². The van der Waals surface area contributed by atoms with E-state index in [0.29, 0.717) is 0 Å². The van der Waals surface area contributed by atoms with Gasteiger partial charge in [0.25, 0.3) is 5.91 Å². The summed E-state index contributed by atoms with van der Waals surface area (Å²) in [5.41, 5.74) is 0.240. The van der Waals surface area contributed by atoms with Gasteiger partial charge < -0.3 is 0 Å². The molecule has 2 saturated heterocycles. The lowest BCUT2D eigenvalue weighted by Crippen LogP contribution is -2.34. The molecule has 0 aliphatic carbocycles. The van der Waals surface area contributed by atoms with Gasteiger partial charge in [0.1, 0.15) is 11.9 Å². The lowest BCUT2D eigenvalue weighted by Gasteiger charge is -2.15. The number of urea groups is 1. The van der Waals surface area contributed by atoms with E-state index >= 15 is 0 Å². The lowest BCUT2D eigenvalue weighted by atomic mass is 10.2. The maximum atomic E-state index is 12.2. The Morgan fingerprint density at radius 1 is 1.10 bits per heavy atom. The molecule has 6 nitrogen and oxygen atoms in total. The fraction of sp³-hybridized carbons (Fsp3) is 0.273. The van der Waals surface area contributed by atoms with Crippen molar-refractivity contribution in [1.82, 2.24) is 4.90 Å². The van der Waals surface area contributed by atoms with E-state index in [4.69, 9.17) is 23.2 Å². The first-order chi connectivity index (χ1) is 9.28.